The average Bonchev–Trinajstić information content (AvgIpc) is 2.79. The number of anilines is 1. The van der Waals surface area contributed by atoms with Crippen LogP contribution in [0.1, 0.15) is 25.6 Å². The number of rotatable bonds is 2. The molecule has 1 amide bonds. The van der Waals surface area contributed by atoms with E-state index in [0.717, 1.165) is 28.1 Å². The molecule has 1 aliphatic heterocycles. The summed E-state index contributed by atoms with van der Waals surface area (Å²) in [7, 11) is 0. The molecule has 0 radical (unpaired) electrons. The lowest BCUT2D eigenvalue weighted by Crippen LogP contribution is -2.50. The molecule has 1 N–H and O–H groups in total. The maximum atomic E-state index is 12.0. The second-order valence-corrected chi connectivity index (χ2v) is 7.70. The van der Waals surface area contributed by atoms with Crippen LogP contribution in [0.3, 0.4) is 0 Å². The average molecular weight is 390 g/mol. The van der Waals surface area contributed by atoms with E-state index in [1.807, 2.05) is 26.2 Å². The third kappa shape index (κ3) is 4.13. The van der Waals surface area contributed by atoms with Crippen molar-refractivity contribution in [3.05, 3.63) is 14.7 Å². The van der Waals surface area contributed by atoms with Gasteiger partial charge in [-0.1, -0.05) is 5.16 Å². The monoisotopic (exact) mass is 389 g/mol. The van der Waals surface area contributed by atoms with Gasteiger partial charge < -0.3 is 19.7 Å². The van der Waals surface area contributed by atoms with Crippen LogP contribution in [0, 0.1) is 0 Å². The minimum atomic E-state index is -0.469. The van der Waals surface area contributed by atoms with Crippen LogP contribution in [-0.4, -0.2) is 54.2 Å². The molecule has 0 saturated carbocycles. The second kappa shape index (κ2) is 6.87. The summed E-state index contributed by atoms with van der Waals surface area (Å²) in [5.41, 5.74) is 0.590. The van der Waals surface area contributed by atoms with Crippen molar-refractivity contribution >= 4 is 45.3 Å². The van der Waals surface area contributed by atoms with Crippen molar-refractivity contribution in [1.82, 2.24) is 4.90 Å². The van der Waals surface area contributed by atoms with Gasteiger partial charge in [0.1, 0.15) is 5.60 Å². The highest BCUT2D eigenvalue weighted by molar-refractivity contribution is 9.10. The first-order valence-corrected chi connectivity index (χ1v) is 8.66. The van der Waals surface area contributed by atoms with Gasteiger partial charge in [-0.2, -0.15) is 0 Å². The zero-order valence-electron chi connectivity index (χ0n) is 12.9. The number of carbonyl (C=O) groups excluding carboxylic acids is 1. The Labute approximate surface area is 142 Å². The molecule has 122 valence electrons. The van der Waals surface area contributed by atoms with Crippen LogP contribution in [-0.2, 0) is 4.74 Å². The van der Waals surface area contributed by atoms with Crippen molar-refractivity contribution < 1.29 is 14.7 Å². The topological polar surface area (TPSA) is 65.4 Å². The van der Waals surface area contributed by atoms with Gasteiger partial charge >= 0.3 is 6.09 Å². The van der Waals surface area contributed by atoms with Crippen LogP contribution in [0.5, 0.6) is 0 Å². The summed E-state index contributed by atoms with van der Waals surface area (Å²) in [6, 6.07) is 0. The Kier molecular flexibility index (Phi) is 5.33. The number of piperazine rings is 1. The van der Waals surface area contributed by atoms with Gasteiger partial charge in [0.15, 0.2) is 0 Å². The lowest BCUT2D eigenvalue weighted by Gasteiger charge is -2.36. The molecule has 0 atom stereocenters. The molecule has 0 spiro atoms. The van der Waals surface area contributed by atoms with Gasteiger partial charge in [0.25, 0.3) is 0 Å². The largest absolute Gasteiger partial charge is 0.444 e. The molecule has 2 rings (SSSR count). The van der Waals surface area contributed by atoms with Crippen LogP contribution >= 0.6 is 27.3 Å². The van der Waals surface area contributed by atoms with Crippen molar-refractivity contribution in [2.75, 3.05) is 31.1 Å². The zero-order valence-corrected chi connectivity index (χ0v) is 15.3. The molecule has 1 fully saturated rings. The van der Waals surface area contributed by atoms with Crippen molar-refractivity contribution in [3.8, 4) is 0 Å². The molecule has 0 bridgehead atoms. The van der Waals surface area contributed by atoms with E-state index in [4.69, 9.17) is 9.94 Å². The number of halogens is 1. The molecule has 8 heteroatoms. The highest BCUT2D eigenvalue weighted by atomic mass is 79.9. The summed E-state index contributed by atoms with van der Waals surface area (Å²) in [5.74, 6) is 0. The van der Waals surface area contributed by atoms with E-state index in [1.54, 1.807) is 4.90 Å². The number of ether oxygens (including phenoxy) is 1. The van der Waals surface area contributed by atoms with E-state index in [1.165, 1.54) is 17.6 Å². The summed E-state index contributed by atoms with van der Waals surface area (Å²) in [6.07, 6.45) is 1.15. The molecular formula is C14H20BrN3O3S. The number of hydrogen-bond donors (Lipinski definition) is 1. The van der Waals surface area contributed by atoms with E-state index in [0.29, 0.717) is 13.1 Å². The number of thiophene rings is 1. The summed E-state index contributed by atoms with van der Waals surface area (Å²) >= 11 is 5.04. The molecule has 1 aliphatic rings. The standard InChI is InChI=1S/C14H20BrN3O3S/c1-14(2,3)21-13(19)18-6-4-17(5-7-18)10-9-22-11(8-16-20)12(10)15/h8-9,20H,4-7H2,1-3H3. The van der Waals surface area contributed by atoms with Crippen molar-refractivity contribution in [2.24, 2.45) is 5.16 Å². The number of carbonyl (C=O) groups is 1. The van der Waals surface area contributed by atoms with Gasteiger partial charge in [-0.25, -0.2) is 4.79 Å². The quantitative estimate of drug-likeness (QED) is 0.478. The minimum absolute atomic E-state index is 0.260. The Hall–Kier alpha value is -1.28. The Morgan fingerprint density at radius 1 is 1.41 bits per heavy atom. The molecule has 1 aromatic heterocycles. The number of oxime groups is 1. The fourth-order valence-electron chi connectivity index (χ4n) is 2.16. The lowest BCUT2D eigenvalue weighted by atomic mass is 10.2. The third-order valence-electron chi connectivity index (χ3n) is 3.19. The molecule has 0 unspecified atom stereocenters. The zero-order chi connectivity index (χ0) is 16.3. The molecular weight excluding hydrogens is 370 g/mol. The number of nitrogens with zero attached hydrogens (tertiary/aromatic N) is 3. The summed E-state index contributed by atoms with van der Waals surface area (Å²) in [4.78, 5) is 16.9. The number of amides is 1. The van der Waals surface area contributed by atoms with Crippen molar-refractivity contribution in [2.45, 2.75) is 26.4 Å². The third-order valence-corrected chi connectivity index (χ3v) is 5.19. The SMILES string of the molecule is CC(C)(C)OC(=O)N1CCN(c2csc(C=NO)c2Br)CC1. The van der Waals surface area contributed by atoms with Gasteiger partial charge in [-0.05, 0) is 36.7 Å². The Balaban J connectivity index is 1.96. The Morgan fingerprint density at radius 3 is 2.59 bits per heavy atom. The van der Waals surface area contributed by atoms with Crippen LogP contribution in [0.4, 0.5) is 10.5 Å². The molecule has 6 nitrogen and oxygen atoms in total. The Bertz CT molecular complexity index is 560. The molecule has 0 aliphatic carbocycles. The summed E-state index contributed by atoms with van der Waals surface area (Å²) in [5, 5.41) is 13.7. The van der Waals surface area contributed by atoms with Crippen LogP contribution < -0.4 is 4.90 Å². The van der Waals surface area contributed by atoms with Gasteiger partial charge in [-0.3, -0.25) is 0 Å². The summed E-state index contributed by atoms with van der Waals surface area (Å²) < 4.78 is 6.31. The normalized spacial score (nSPS) is 16.4. The van der Waals surface area contributed by atoms with Gasteiger partial charge in [0.2, 0.25) is 0 Å². The number of hydrogen-bond acceptors (Lipinski definition) is 6. The molecule has 0 aromatic carbocycles. The van der Waals surface area contributed by atoms with Crippen molar-refractivity contribution in [1.29, 1.82) is 0 Å². The predicted octanol–water partition coefficient (Wildman–Crippen LogP) is 3.38. The minimum Gasteiger partial charge on any atom is -0.444 e. The first-order chi connectivity index (χ1) is 10.3. The second-order valence-electron chi connectivity index (χ2n) is 6.00. The lowest BCUT2D eigenvalue weighted by molar-refractivity contribution is 0.0240. The van der Waals surface area contributed by atoms with E-state index >= 15 is 0 Å². The van der Waals surface area contributed by atoms with Crippen molar-refractivity contribution in [3.63, 3.8) is 0 Å². The van der Waals surface area contributed by atoms with E-state index < -0.39 is 5.60 Å². The molecule has 1 saturated heterocycles. The van der Waals surface area contributed by atoms with E-state index in [9.17, 15) is 4.79 Å². The van der Waals surface area contributed by atoms with E-state index in [-0.39, 0.29) is 6.09 Å². The van der Waals surface area contributed by atoms with Gasteiger partial charge in [0.05, 0.1) is 21.3 Å². The maximum Gasteiger partial charge on any atom is 0.410 e. The predicted molar refractivity (Wildman–Crippen MR) is 91.4 cm³/mol. The van der Waals surface area contributed by atoms with Crippen LogP contribution in [0.15, 0.2) is 15.0 Å². The van der Waals surface area contributed by atoms with Gasteiger partial charge in [0, 0.05) is 31.6 Å². The molecule has 1 aromatic rings. The highest BCUT2D eigenvalue weighted by Crippen LogP contribution is 2.35. The first kappa shape index (κ1) is 17.1. The molecule has 2 heterocycles. The van der Waals surface area contributed by atoms with Gasteiger partial charge in [-0.15, -0.1) is 11.3 Å². The van der Waals surface area contributed by atoms with Crippen LogP contribution in [0.2, 0.25) is 0 Å². The smallest absolute Gasteiger partial charge is 0.410 e. The maximum absolute atomic E-state index is 12.0. The van der Waals surface area contributed by atoms with Crippen LogP contribution in [0.25, 0.3) is 0 Å². The fourth-order valence-corrected chi connectivity index (χ4v) is 3.88. The Morgan fingerprint density at radius 2 is 2.05 bits per heavy atom. The molecule has 22 heavy (non-hydrogen) atoms. The highest BCUT2D eigenvalue weighted by Gasteiger charge is 2.27. The first-order valence-electron chi connectivity index (χ1n) is 6.99. The fraction of sp³-hybridized carbons (Fsp3) is 0.571. The summed E-state index contributed by atoms with van der Waals surface area (Å²) in [6.45, 7) is 8.34. The van der Waals surface area contributed by atoms with E-state index in [2.05, 4.69) is 26.0 Å².